The van der Waals surface area contributed by atoms with Crippen molar-refractivity contribution in [1.29, 1.82) is 0 Å². The number of hydrogen-bond acceptors (Lipinski definition) is 2. The van der Waals surface area contributed by atoms with E-state index in [1.807, 2.05) is 0 Å². The van der Waals surface area contributed by atoms with Crippen molar-refractivity contribution in [2.75, 3.05) is 0 Å². The van der Waals surface area contributed by atoms with E-state index in [0.717, 1.165) is 0 Å². The van der Waals surface area contributed by atoms with Gasteiger partial charge in [0.15, 0.2) is 15.8 Å². The zero-order valence-electron chi connectivity index (χ0n) is 12.7. The van der Waals surface area contributed by atoms with Crippen molar-refractivity contribution in [2.24, 2.45) is 7.05 Å². The molecule has 0 spiro atoms. The maximum atomic E-state index is 13.3. The summed E-state index contributed by atoms with van der Waals surface area (Å²) in [5.74, 6) is -0.632. The van der Waals surface area contributed by atoms with Gasteiger partial charge in [0, 0.05) is 19.4 Å². The summed E-state index contributed by atoms with van der Waals surface area (Å²) in [5.41, 5.74) is 0.760. The first kappa shape index (κ1) is 16.5. The fourth-order valence-corrected chi connectivity index (χ4v) is 3.81. The van der Waals surface area contributed by atoms with E-state index in [9.17, 15) is 17.5 Å². The van der Waals surface area contributed by atoms with Crippen LogP contribution >= 0.6 is 0 Å². The summed E-state index contributed by atoms with van der Waals surface area (Å²) in [7, 11) is 1.69. The van der Waals surface area contributed by atoms with Crippen molar-refractivity contribution in [3.8, 4) is 0 Å². The number of rotatable bonds is 4. The molecule has 3 aromatic rings. The molecule has 1 unspecified atom stereocenters. The summed E-state index contributed by atoms with van der Waals surface area (Å²) < 4.78 is 49.5. The fourth-order valence-electron chi connectivity index (χ4n) is 2.78. The number of aromatic nitrogens is 2. The molecule has 1 aromatic heterocycles. The van der Waals surface area contributed by atoms with Gasteiger partial charge in [0.05, 0.1) is 0 Å². The Labute approximate surface area is 140 Å². The number of aryl methyl sites for hydroxylation is 1. The quantitative estimate of drug-likeness (QED) is 0.737. The molecule has 0 aliphatic rings. The van der Waals surface area contributed by atoms with Gasteiger partial charge in [0.25, 0.3) is 0 Å². The Bertz CT molecular complexity index is 831. The lowest BCUT2D eigenvalue weighted by atomic mass is 9.89. The van der Waals surface area contributed by atoms with Gasteiger partial charge >= 0.3 is 0 Å². The van der Waals surface area contributed by atoms with Gasteiger partial charge in [-0.2, -0.15) is 0 Å². The minimum absolute atomic E-state index is 0.293. The second-order valence-corrected chi connectivity index (χ2v) is 6.42. The third kappa shape index (κ3) is 2.55. The molecule has 0 aliphatic heterocycles. The van der Waals surface area contributed by atoms with Crippen LogP contribution < -0.4 is 0 Å². The van der Waals surface area contributed by atoms with E-state index in [1.54, 1.807) is 17.8 Å². The molecule has 0 radical (unpaired) electrons. The molecule has 0 saturated heterocycles. The number of imidazole rings is 1. The Balaban J connectivity index is 2.38. The summed E-state index contributed by atoms with van der Waals surface area (Å²) in [5, 5.41) is 0. The second-order valence-electron chi connectivity index (χ2n) is 5.31. The molecule has 0 amide bonds. The Morgan fingerprint density at radius 2 is 1.46 bits per heavy atom. The molecule has 2 aromatic carbocycles. The van der Waals surface area contributed by atoms with E-state index in [-0.39, 0.29) is 0 Å². The number of hydrogen-bond donors (Lipinski definition) is 1. The highest BCUT2D eigenvalue weighted by Crippen LogP contribution is 2.40. The summed E-state index contributed by atoms with van der Waals surface area (Å²) in [4.78, 5) is 4.23. The molecule has 1 atom stereocenters. The SMILES string of the molecule is Cn1ccnc1C(c1ccc(F)cc1)(c1ccc(F)cc1)S(=O)O. The van der Waals surface area contributed by atoms with Crippen molar-refractivity contribution >= 4 is 11.1 Å². The lowest BCUT2D eigenvalue weighted by Gasteiger charge is -2.30. The number of benzene rings is 2. The molecule has 0 saturated carbocycles. The highest BCUT2D eigenvalue weighted by Gasteiger charge is 2.46. The van der Waals surface area contributed by atoms with E-state index in [4.69, 9.17) is 0 Å². The topological polar surface area (TPSA) is 55.1 Å². The molecule has 1 heterocycles. The molecule has 0 bridgehead atoms. The number of nitrogens with zero attached hydrogens (tertiary/aromatic N) is 2. The van der Waals surface area contributed by atoms with Crippen LogP contribution in [0.5, 0.6) is 0 Å². The highest BCUT2D eigenvalue weighted by molar-refractivity contribution is 7.80. The van der Waals surface area contributed by atoms with Gasteiger partial charge in [0.2, 0.25) is 0 Å². The van der Waals surface area contributed by atoms with Crippen LogP contribution in [0.4, 0.5) is 8.78 Å². The highest BCUT2D eigenvalue weighted by atomic mass is 32.2. The molecule has 4 nitrogen and oxygen atoms in total. The lowest BCUT2D eigenvalue weighted by Crippen LogP contribution is -2.37. The average Bonchev–Trinajstić information content (AvgIpc) is 2.98. The van der Waals surface area contributed by atoms with Gasteiger partial charge in [-0.1, -0.05) is 24.3 Å². The molecule has 0 aliphatic carbocycles. The van der Waals surface area contributed by atoms with Gasteiger partial charge < -0.3 is 9.12 Å². The lowest BCUT2D eigenvalue weighted by molar-refractivity contribution is 0.528. The van der Waals surface area contributed by atoms with Crippen LogP contribution in [0.15, 0.2) is 60.9 Å². The largest absolute Gasteiger partial charge is 0.336 e. The Morgan fingerprint density at radius 1 is 1.00 bits per heavy atom. The van der Waals surface area contributed by atoms with Gasteiger partial charge in [-0.15, -0.1) is 0 Å². The second kappa shape index (κ2) is 6.26. The summed E-state index contributed by atoms with van der Waals surface area (Å²) in [6, 6.07) is 10.6. The van der Waals surface area contributed by atoms with E-state index >= 15 is 0 Å². The van der Waals surface area contributed by atoms with Crippen LogP contribution in [0.1, 0.15) is 17.0 Å². The maximum Gasteiger partial charge on any atom is 0.179 e. The molecular weight excluding hydrogens is 334 g/mol. The van der Waals surface area contributed by atoms with Crippen LogP contribution in [0.3, 0.4) is 0 Å². The van der Waals surface area contributed by atoms with Crippen molar-refractivity contribution in [1.82, 2.24) is 9.55 Å². The van der Waals surface area contributed by atoms with Crippen LogP contribution in [-0.4, -0.2) is 18.3 Å². The molecule has 7 heteroatoms. The Kier molecular flexibility index (Phi) is 4.29. The smallest absolute Gasteiger partial charge is 0.179 e. The summed E-state index contributed by atoms with van der Waals surface area (Å²) in [6.07, 6.45) is 3.15. The predicted octanol–water partition coefficient (Wildman–Crippen LogP) is 3.21. The van der Waals surface area contributed by atoms with Crippen molar-refractivity contribution < 1.29 is 17.5 Å². The van der Waals surface area contributed by atoms with Gasteiger partial charge in [-0.25, -0.2) is 18.0 Å². The van der Waals surface area contributed by atoms with Crippen molar-refractivity contribution in [3.63, 3.8) is 0 Å². The molecule has 24 heavy (non-hydrogen) atoms. The third-order valence-corrected chi connectivity index (χ3v) is 5.08. The Morgan fingerprint density at radius 3 is 1.79 bits per heavy atom. The summed E-state index contributed by atoms with van der Waals surface area (Å²) in [6.45, 7) is 0. The van der Waals surface area contributed by atoms with E-state index < -0.39 is 27.5 Å². The Hall–Kier alpha value is -2.38. The first-order valence-corrected chi connectivity index (χ1v) is 8.17. The van der Waals surface area contributed by atoms with Gasteiger partial charge in [-0.05, 0) is 35.4 Å². The molecule has 1 N–H and O–H groups in total. The third-order valence-electron chi connectivity index (χ3n) is 3.90. The molecule has 0 fully saturated rings. The molecule has 124 valence electrons. The van der Waals surface area contributed by atoms with E-state index in [1.165, 1.54) is 54.7 Å². The van der Waals surface area contributed by atoms with Crippen LogP contribution in [0.25, 0.3) is 0 Å². The molecular formula is C17H14F2N2O2S. The maximum absolute atomic E-state index is 13.3. The minimum Gasteiger partial charge on any atom is -0.336 e. The zero-order valence-corrected chi connectivity index (χ0v) is 13.5. The first-order valence-electron chi connectivity index (χ1n) is 7.07. The standard InChI is InChI=1S/C17H14F2N2O2S/c1-21-11-10-20-16(21)17(24(22)23,12-2-6-14(18)7-3-12)13-4-8-15(19)9-5-13/h2-11H,1H3,(H,22,23). The van der Waals surface area contributed by atoms with Crippen LogP contribution in [-0.2, 0) is 22.9 Å². The van der Waals surface area contributed by atoms with Gasteiger partial charge in [0.1, 0.15) is 17.5 Å². The predicted molar refractivity (Wildman–Crippen MR) is 86.7 cm³/mol. The minimum atomic E-state index is -2.45. The van der Waals surface area contributed by atoms with Crippen LogP contribution in [0.2, 0.25) is 0 Å². The van der Waals surface area contributed by atoms with E-state index in [0.29, 0.717) is 17.0 Å². The van der Waals surface area contributed by atoms with Crippen molar-refractivity contribution in [2.45, 2.75) is 4.75 Å². The van der Waals surface area contributed by atoms with E-state index in [2.05, 4.69) is 4.98 Å². The monoisotopic (exact) mass is 348 g/mol. The summed E-state index contributed by atoms with van der Waals surface area (Å²) >= 11 is -2.45. The van der Waals surface area contributed by atoms with Gasteiger partial charge in [-0.3, -0.25) is 0 Å². The fraction of sp³-hybridized carbons (Fsp3) is 0.118. The normalized spacial score (nSPS) is 13.0. The average molecular weight is 348 g/mol. The van der Waals surface area contributed by atoms with Crippen molar-refractivity contribution in [3.05, 3.63) is 89.5 Å². The molecule has 3 rings (SSSR count). The zero-order chi connectivity index (χ0) is 17.3. The van der Waals surface area contributed by atoms with Crippen LogP contribution in [0, 0.1) is 11.6 Å². The number of halogens is 2. The first-order chi connectivity index (χ1) is 11.5.